The second-order valence-corrected chi connectivity index (χ2v) is 6.80. The van der Waals surface area contributed by atoms with Crippen LogP contribution in [0.25, 0.3) is 0 Å². The van der Waals surface area contributed by atoms with Crippen LogP contribution in [-0.4, -0.2) is 30.1 Å². The molecule has 0 aliphatic heterocycles. The van der Waals surface area contributed by atoms with Gasteiger partial charge in [0.05, 0.1) is 6.07 Å². The van der Waals surface area contributed by atoms with Crippen molar-refractivity contribution < 1.29 is 13.3 Å². The number of rotatable bonds is 6. The highest BCUT2D eigenvalue weighted by atomic mass is 28.4. The van der Waals surface area contributed by atoms with Gasteiger partial charge < -0.3 is 13.3 Å². The van der Waals surface area contributed by atoms with Crippen molar-refractivity contribution in [3.05, 3.63) is 0 Å². The van der Waals surface area contributed by atoms with Gasteiger partial charge in [0.1, 0.15) is 0 Å². The van der Waals surface area contributed by atoms with Crippen LogP contribution in [0.2, 0.25) is 5.54 Å². The normalized spacial score (nSPS) is 16.0. The van der Waals surface area contributed by atoms with E-state index in [1.54, 1.807) is 21.3 Å². The van der Waals surface area contributed by atoms with Gasteiger partial charge in [0.2, 0.25) is 0 Å². The van der Waals surface area contributed by atoms with Crippen molar-refractivity contribution in [3.63, 3.8) is 0 Å². The molecular formula is C9H19NO3Si. The van der Waals surface area contributed by atoms with Crippen LogP contribution >= 0.6 is 0 Å². The summed E-state index contributed by atoms with van der Waals surface area (Å²) in [5, 5.41) is 8.71. The van der Waals surface area contributed by atoms with Gasteiger partial charge in [0.15, 0.2) is 0 Å². The molecule has 0 aromatic rings. The predicted octanol–water partition coefficient (Wildman–Crippen LogP) is 1.80. The number of nitrogens with zero attached hydrogens (tertiary/aromatic N) is 1. The molecule has 0 aliphatic rings. The van der Waals surface area contributed by atoms with Crippen LogP contribution in [0.15, 0.2) is 0 Å². The van der Waals surface area contributed by atoms with Gasteiger partial charge in [-0.3, -0.25) is 0 Å². The minimum Gasteiger partial charge on any atom is -0.377 e. The van der Waals surface area contributed by atoms with Gasteiger partial charge in [-0.05, 0) is 13.3 Å². The first-order chi connectivity index (χ1) is 6.56. The summed E-state index contributed by atoms with van der Waals surface area (Å²) in [6.45, 7) is 3.88. The second kappa shape index (κ2) is 6.14. The van der Waals surface area contributed by atoms with Crippen molar-refractivity contribution in [3.8, 4) is 6.07 Å². The van der Waals surface area contributed by atoms with E-state index in [2.05, 4.69) is 6.07 Å². The van der Waals surface area contributed by atoms with Gasteiger partial charge in [-0.1, -0.05) is 6.92 Å². The number of nitriles is 1. The molecule has 0 spiro atoms. The van der Waals surface area contributed by atoms with E-state index in [0.29, 0.717) is 0 Å². The highest BCUT2D eigenvalue weighted by Gasteiger charge is 2.44. The quantitative estimate of drug-likeness (QED) is 0.637. The van der Waals surface area contributed by atoms with E-state index in [9.17, 15) is 0 Å². The molecule has 0 rings (SSSR count). The molecule has 5 heteroatoms. The lowest BCUT2D eigenvalue weighted by Gasteiger charge is -2.30. The molecule has 0 aromatic carbocycles. The summed E-state index contributed by atoms with van der Waals surface area (Å²) in [7, 11) is 2.22. The molecule has 82 valence electrons. The minimum absolute atomic E-state index is 0.00248. The van der Waals surface area contributed by atoms with Crippen LogP contribution in [0.1, 0.15) is 20.3 Å². The Balaban J connectivity index is 4.45. The van der Waals surface area contributed by atoms with Crippen molar-refractivity contribution >= 4 is 8.80 Å². The molecule has 0 saturated heterocycles. The van der Waals surface area contributed by atoms with Crippen molar-refractivity contribution in [1.82, 2.24) is 0 Å². The van der Waals surface area contributed by atoms with E-state index in [1.165, 1.54) is 0 Å². The molecule has 0 fully saturated rings. The first kappa shape index (κ1) is 13.6. The predicted molar refractivity (Wildman–Crippen MR) is 55.6 cm³/mol. The van der Waals surface area contributed by atoms with Crippen molar-refractivity contribution in [2.24, 2.45) is 5.92 Å². The lowest BCUT2D eigenvalue weighted by molar-refractivity contribution is 0.110. The molecule has 0 aromatic heterocycles. The third-order valence-electron chi connectivity index (χ3n) is 2.38. The van der Waals surface area contributed by atoms with Crippen molar-refractivity contribution in [2.75, 3.05) is 21.3 Å². The fourth-order valence-corrected chi connectivity index (χ4v) is 3.93. The molecule has 2 atom stereocenters. The first-order valence-electron chi connectivity index (χ1n) is 4.61. The molecule has 2 unspecified atom stereocenters. The zero-order valence-corrected chi connectivity index (χ0v) is 10.5. The second-order valence-electron chi connectivity index (χ2n) is 3.38. The Morgan fingerprint density at radius 2 is 1.57 bits per heavy atom. The number of hydrogen-bond acceptors (Lipinski definition) is 4. The summed E-state index contributed by atoms with van der Waals surface area (Å²) in [4.78, 5) is 0. The van der Waals surface area contributed by atoms with E-state index in [4.69, 9.17) is 18.5 Å². The monoisotopic (exact) mass is 217 g/mol. The van der Waals surface area contributed by atoms with Crippen molar-refractivity contribution in [2.45, 2.75) is 25.8 Å². The maximum atomic E-state index is 8.71. The topological polar surface area (TPSA) is 51.5 Å². The Hall–Kier alpha value is -0.413. The first-order valence-corrected chi connectivity index (χ1v) is 6.41. The Kier molecular flexibility index (Phi) is 5.96. The maximum Gasteiger partial charge on any atom is 0.503 e. The van der Waals surface area contributed by atoms with Gasteiger partial charge in [-0.15, -0.1) is 0 Å². The summed E-state index contributed by atoms with van der Waals surface area (Å²) in [5.74, 6) is -0.00248. The summed E-state index contributed by atoms with van der Waals surface area (Å²) in [6, 6.07) is 2.20. The highest BCUT2D eigenvalue weighted by molar-refractivity contribution is 6.62. The van der Waals surface area contributed by atoms with Crippen LogP contribution in [0, 0.1) is 17.2 Å². The van der Waals surface area contributed by atoms with Crippen LogP contribution in [-0.2, 0) is 13.3 Å². The van der Waals surface area contributed by atoms with Gasteiger partial charge in [-0.25, -0.2) is 0 Å². The third kappa shape index (κ3) is 3.06. The molecule has 0 amide bonds. The molecule has 4 nitrogen and oxygen atoms in total. The lowest BCUT2D eigenvalue weighted by Crippen LogP contribution is -2.47. The smallest absolute Gasteiger partial charge is 0.377 e. The van der Waals surface area contributed by atoms with Crippen LogP contribution in [0.3, 0.4) is 0 Å². The highest BCUT2D eigenvalue weighted by Crippen LogP contribution is 2.29. The van der Waals surface area contributed by atoms with Gasteiger partial charge in [-0.2, -0.15) is 5.26 Å². The van der Waals surface area contributed by atoms with E-state index < -0.39 is 8.80 Å². The Morgan fingerprint density at radius 1 is 1.14 bits per heavy atom. The standard InChI is InChI=1S/C9H19NO3Si/c1-8(7-10)6-9(2)14(11-3,12-4)13-5/h8-9H,6H2,1-5H3. The molecule has 0 saturated carbocycles. The molecule has 0 bridgehead atoms. The summed E-state index contributed by atoms with van der Waals surface area (Å²) in [5.41, 5.74) is 0.136. The van der Waals surface area contributed by atoms with Crippen LogP contribution in [0.5, 0.6) is 0 Å². The van der Waals surface area contributed by atoms with E-state index in [1.807, 2.05) is 13.8 Å². The number of hydrogen-bond donors (Lipinski definition) is 0. The van der Waals surface area contributed by atoms with Crippen LogP contribution in [0.4, 0.5) is 0 Å². The molecular weight excluding hydrogens is 198 g/mol. The van der Waals surface area contributed by atoms with Crippen LogP contribution < -0.4 is 0 Å². The Morgan fingerprint density at radius 3 is 1.86 bits per heavy atom. The summed E-state index contributed by atoms with van der Waals surface area (Å²) < 4.78 is 16.0. The fourth-order valence-electron chi connectivity index (χ4n) is 1.58. The van der Waals surface area contributed by atoms with E-state index in [0.717, 1.165) is 6.42 Å². The molecule has 0 heterocycles. The lowest BCUT2D eigenvalue weighted by atomic mass is 10.1. The van der Waals surface area contributed by atoms with E-state index >= 15 is 0 Å². The van der Waals surface area contributed by atoms with E-state index in [-0.39, 0.29) is 11.5 Å². The molecule has 0 radical (unpaired) electrons. The summed E-state index contributed by atoms with van der Waals surface area (Å²) >= 11 is 0. The molecule has 0 N–H and O–H groups in total. The molecule has 14 heavy (non-hydrogen) atoms. The van der Waals surface area contributed by atoms with Crippen molar-refractivity contribution in [1.29, 1.82) is 5.26 Å². The zero-order valence-electron chi connectivity index (χ0n) is 9.53. The average molecular weight is 217 g/mol. The Bertz CT molecular complexity index is 192. The fraction of sp³-hybridized carbons (Fsp3) is 0.889. The molecule has 0 aliphatic carbocycles. The maximum absolute atomic E-state index is 8.71. The minimum atomic E-state index is -2.55. The largest absolute Gasteiger partial charge is 0.503 e. The van der Waals surface area contributed by atoms with Gasteiger partial charge >= 0.3 is 8.80 Å². The summed E-state index contributed by atoms with van der Waals surface area (Å²) in [6.07, 6.45) is 0.734. The van der Waals surface area contributed by atoms with Gasteiger partial charge in [0.25, 0.3) is 0 Å². The third-order valence-corrected chi connectivity index (χ3v) is 5.53. The average Bonchev–Trinajstić information content (AvgIpc) is 2.21. The SMILES string of the molecule is CO[Si](OC)(OC)C(C)CC(C)C#N. The van der Waals surface area contributed by atoms with Gasteiger partial charge in [0, 0.05) is 32.8 Å². The zero-order chi connectivity index (χ0) is 11.2. The Labute approximate surface area is 87.1 Å².